The fourth-order valence-corrected chi connectivity index (χ4v) is 5.61. The summed E-state index contributed by atoms with van der Waals surface area (Å²) in [5.41, 5.74) is 6.28. The van der Waals surface area contributed by atoms with Crippen LogP contribution in [0.2, 0.25) is 5.02 Å². The van der Waals surface area contributed by atoms with E-state index in [1.54, 1.807) is 54.6 Å². The molecule has 0 aliphatic heterocycles. The summed E-state index contributed by atoms with van der Waals surface area (Å²) in [5, 5.41) is 4.66. The minimum absolute atomic E-state index is 0.0962. The Hall–Kier alpha value is -4.14. The number of halogens is 1. The molecule has 0 heterocycles. The maximum atomic E-state index is 13.5. The second kappa shape index (κ2) is 12.6. The maximum absolute atomic E-state index is 13.5. The molecular weight excluding hydrogens is 534 g/mol. The van der Waals surface area contributed by atoms with Crippen LogP contribution in [0.1, 0.15) is 22.3 Å². The first-order chi connectivity index (χ1) is 18.7. The Labute approximate surface area is 233 Å². The minimum Gasteiger partial charge on any atom is -0.489 e. The number of hydrazone groups is 1. The number of nitrogens with one attached hydrogen (secondary N) is 1. The van der Waals surface area contributed by atoms with E-state index in [0.29, 0.717) is 23.1 Å². The largest absolute Gasteiger partial charge is 0.489 e. The molecule has 0 aromatic heterocycles. The molecule has 0 spiro atoms. The number of hydrogen-bond acceptors (Lipinski definition) is 5. The lowest BCUT2D eigenvalue weighted by Gasteiger charge is -2.25. The van der Waals surface area contributed by atoms with Gasteiger partial charge in [0.2, 0.25) is 0 Å². The second-order valence-corrected chi connectivity index (χ2v) is 11.2. The quantitative estimate of drug-likeness (QED) is 0.193. The van der Waals surface area contributed by atoms with Gasteiger partial charge in [0.05, 0.1) is 16.8 Å². The third-order valence-corrected chi connectivity index (χ3v) is 7.83. The van der Waals surface area contributed by atoms with Crippen LogP contribution in [0.3, 0.4) is 0 Å². The van der Waals surface area contributed by atoms with E-state index in [2.05, 4.69) is 10.5 Å². The van der Waals surface area contributed by atoms with Crippen LogP contribution in [-0.4, -0.2) is 27.1 Å². The van der Waals surface area contributed by atoms with Gasteiger partial charge in [-0.05, 0) is 85.1 Å². The highest BCUT2D eigenvalue weighted by molar-refractivity contribution is 7.92. The Balaban J connectivity index is 1.42. The van der Waals surface area contributed by atoms with Crippen LogP contribution in [0.4, 0.5) is 5.69 Å². The lowest BCUT2D eigenvalue weighted by Crippen LogP contribution is -2.40. The number of carbonyl (C=O) groups is 1. The first-order valence-corrected chi connectivity index (χ1v) is 14.0. The average molecular weight is 562 g/mol. The number of sulfonamides is 1. The molecule has 4 aromatic carbocycles. The van der Waals surface area contributed by atoms with Gasteiger partial charge in [0.15, 0.2) is 0 Å². The lowest BCUT2D eigenvalue weighted by molar-refractivity contribution is -0.119. The highest BCUT2D eigenvalue weighted by Crippen LogP contribution is 2.27. The number of aryl methyl sites for hydroxylation is 2. The standard InChI is InChI=1S/C30H28ClN3O4S/c1-22-11-16-29(23(2)17-22)34(39(36,37)28-9-4-3-5-10-28)20-30(35)33-32-19-24-12-14-27(15-13-24)38-21-25-7-6-8-26(31)18-25/h3-19H,20-21H2,1-2H3,(H,33,35)/b32-19-. The summed E-state index contributed by atoms with van der Waals surface area (Å²) in [4.78, 5) is 12.9. The summed E-state index contributed by atoms with van der Waals surface area (Å²) in [6.45, 7) is 3.68. The van der Waals surface area contributed by atoms with Crippen LogP contribution >= 0.6 is 11.6 Å². The van der Waals surface area contributed by atoms with Crippen molar-refractivity contribution in [1.82, 2.24) is 5.43 Å². The van der Waals surface area contributed by atoms with Crippen LogP contribution in [0, 0.1) is 13.8 Å². The molecular formula is C30H28ClN3O4S. The first kappa shape index (κ1) is 27.9. The molecule has 0 aliphatic rings. The van der Waals surface area contributed by atoms with Crippen LogP contribution in [0.25, 0.3) is 0 Å². The van der Waals surface area contributed by atoms with Crippen LogP contribution in [0.5, 0.6) is 5.75 Å². The molecule has 7 nitrogen and oxygen atoms in total. The second-order valence-electron chi connectivity index (χ2n) is 8.90. The molecule has 4 rings (SSSR count). The van der Waals surface area contributed by atoms with Gasteiger partial charge in [0.1, 0.15) is 18.9 Å². The predicted octanol–water partition coefficient (Wildman–Crippen LogP) is 5.88. The molecule has 39 heavy (non-hydrogen) atoms. The van der Waals surface area contributed by atoms with Gasteiger partial charge in [-0.2, -0.15) is 5.10 Å². The van der Waals surface area contributed by atoms with Gasteiger partial charge < -0.3 is 4.74 Å². The van der Waals surface area contributed by atoms with E-state index in [0.717, 1.165) is 26.6 Å². The fourth-order valence-electron chi connectivity index (χ4n) is 3.89. The van der Waals surface area contributed by atoms with Crippen molar-refractivity contribution in [3.8, 4) is 5.75 Å². The van der Waals surface area contributed by atoms with Crippen molar-refractivity contribution in [2.24, 2.45) is 5.10 Å². The molecule has 0 fully saturated rings. The van der Waals surface area contributed by atoms with Gasteiger partial charge in [-0.25, -0.2) is 13.8 Å². The number of ether oxygens (including phenoxy) is 1. The molecule has 1 N–H and O–H groups in total. The molecule has 0 atom stereocenters. The molecule has 1 amide bonds. The Bertz CT molecular complexity index is 1570. The van der Waals surface area contributed by atoms with Crippen molar-refractivity contribution in [2.75, 3.05) is 10.8 Å². The number of benzene rings is 4. The number of nitrogens with zero attached hydrogens (tertiary/aromatic N) is 2. The Morgan fingerprint density at radius 2 is 1.69 bits per heavy atom. The third-order valence-electron chi connectivity index (χ3n) is 5.82. The number of anilines is 1. The highest BCUT2D eigenvalue weighted by Gasteiger charge is 2.28. The van der Waals surface area contributed by atoms with Gasteiger partial charge in [0, 0.05) is 5.02 Å². The monoisotopic (exact) mass is 561 g/mol. The first-order valence-electron chi connectivity index (χ1n) is 12.2. The number of hydrogen-bond donors (Lipinski definition) is 1. The zero-order chi connectivity index (χ0) is 27.8. The van der Waals surface area contributed by atoms with Gasteiger partial charge in [-0.15, -0.1) is 0 Å². The maximum Gasteiger partial charge on any atom is 0.264 e. The summed E-state index contributed by atoms with van der Waals surface area (Å²) in [7, 11) is -4.00. The summed E-state index contributed by atoms with van der Waals surface area (Å²) in [5.74, 6) is 0.0959. The Kier molecular flexibility index (Phi) is 9.01. The van der Waals surface area contributed by atoms with Gasteiger partial charge in [-0.1, -0.05) is 59.6 Å². The zero-order valence-electron chi connectivity index (χ0n) is 21.5. The lowest BCUT2D eigenvalue weighted by atomic mass is 10.1. The van der Waals surface area contributed by atoms with E-state index in [4.69, 9.17) is 16.3 Å². The summed E-state index contributed by atoms with van der Waals surface area (Å²) in [6, 6.07) is 28.1. The van der Waals surface area contributed by atoms with Crippen molar-refractivity contribution in [3.63, 3.8) is 0 Å². The van der Waals surface area contributed by atoms with E-state index in [1.807, 2.05) is 44.2 Å². The predicted molar refractivity (Wildman–Crippen MR) is 155 cm³/mol. The minimum atomic E-state index is -4.00. The van der Waals surface area contributed by atoms with Gasteiger partial charge >= 0.3 is 0 Å². The zero-order valence-corrected chi connectivity index (χ0v) is 23.1. The molecule has 0 saturated heterocycles. The Morgan fingerprint density at radius 1 is 0.949 bits per heavy atom. The molecule has 0 bridgehead atoms. The topological polar surface area (TPSA) is 88.1 Å². The van der Waals surface area contributed by atoms with E-state index >= 15 is 0 Å². The normalized spacial score (nSPS) is 11.4. The molecule has 0 aliphatic carbocycles. The highest BCUT2D eigenvalue weighted by atomic mass is 35.5. The van der Waals surface area contributed by atoms with Crippen molar-refractivity contribution >= 4 is 39.4 Å². The van der Waals surface area contributed by atoms with Crippen LogP contribution < -0.4 is 14.5 Å². The molecule has 0 unspecified atom stereocenters. The average Bonchev–Trinajstić information content (AvgIpc) is 2.92. The molecule has 4 aromatic rings. The number of carbonyl (C=O) groups excluding carboxylic acids is 1. The molecule has 200 valence electrons. The van der Waals surface area contributed by atoms with Crippen LogP contribution in [-0.2, 0) is 21.4 Å². The molecule has 0 radical (unpaired) electrons. The molecule has 0 saturated carbocycles. The summed E-state index contributed by atoms with van der Waals surface area (Å²) >= 11 is 6.01. The number of amides is 1. The number of rotatable bonds is 10. The van der Waals surface area contributed by atoms with Gasteiger partial charge in [-0.3, -0.25) is 9.10 Å². The summed E-state index contributed by atoms with van der Waals surface area (Å²) < 4.78 is 33.9. The summed E-state index contributed by atoms with van der Waals surface area (Å²) in [6.07, 6.45) is 1.48. The molecule has 9 heteroatoms. The fraction of sp³-hybridized carbons (Fsp3) is 0.133. The van der Waals surface area contributed by atoms with Crippen molar-refractivity contribution in [2.45, 2.75) is 25.3 Å². The SMILES string of the molecule is Cc1ccc(N(CC(=O)N/N=C\c2ccc(OCc3cccc(Cl)c3)cc2)S(=O)(=O)c2ccccc2)c(C)c1. The third kappa shape index (κ3) is 7.46. The Morgan fingerprint density at radius 3 is 2.38 bits per heavy atom. The van der Waals surface area contributed by atoms with Crippen LogP contribution in [0.15, 0.2) is 107 Å². The van der Waals surface area contributed by atoms with E-state index in [9.17, 15) is 13.2 Å². The van der Waals surface area contributed by atoms with E-state index < -0.39 is 22.5 Å². The van der Waals surface area contributed by atoms with Crippen molar-refractivity contribution < 1.29 is 17.9 Å². The smallest absolute Gasteiger partial charge is 0.264 e. The van der Waals surface area contributed by atoms with Crippen molar-refractivity contribution in [3.05, 3.63) is 124 Å². The van der Waals surface area contributed by atoms with Crippen molar-refractivity contribution in [1.29, 1.82) is 0 Å². The van der Waals surface area contributed by atoms with E-state index in [1.165, 1.54) is 18.3 Å². The van der Waals surface area contributed by atoms with E-state index in [-0.39, 0.29) is 4.90 Å². The van der Waals surface area contributed by atoms with Gasteiger partial charge in [0.25, 0.3) is 15.9 Å².